The third-order valence-corrected chi connectivity index (χ3v) is 7.44. The van der Waals surface area contributed by atoms with E-state index in [2.05, 4.69) is 4.72 Å². The smallest absolute Gasteiger partial charge is 0.331 e. The highest BCUT2D eigenvalue weighted by Gasteiger charge is 2.26. The van der Waals surface area contributed by atoms with Gasteiger partial charge in [-0.25, -0.2) is 26.8 Å². The molecule has 0 saturated carbocycles. The van der Waals surface area contributed by atoms with Gasteiger partial charge in [0, 0.05) is 19.2 Å². The molecule has 1 heterocycles. The summed E-state index contributed by atoms with van der Waals surface area (Å²) in [5.74, 6) is -1.03. The molecule has 1 aliphatic rings. The third-order valence-electron chi connectivity index (χ3n) is 5.13. The van der Waals surface area contributed by atoms with E-state index >= 15 is 0 Å². The van der Waals surface area contributed by atoms with Crippen LogP contribution in [0.1, 0.15) is 19.4 Å². The van der Waals surface area contributed by atoms with Crippen molar-refractivity contribution in [2.45, 2.75) is 35.8 Å². The fourth-order valence-electron chi connectivity index (χ4n) is 3.53. The predicted octanol–water partition coefficient (Wildman–Crippen LogP) is 1.33. The molecule has 2 aromatic rings. The van der Waals surface area contributed by atoms with Crippen molar-refractivity contribution in [3.05, 3.63) is 60.2 Å². The highest BCUT2D eigenvalue weighted by atomic mass is 32.2. The van der Waals surface area contributed by atoms with Gasteiger partial charge in [0.25, 0.3) is 15.9 Å². The van der Waals surface area contributed by atoms with Crippen LogP contribution in [0.5, 0.6) is 0 Å². The van der Waals surface area contributed by atoms with Crippen molar-refractivity contribution >= 4 is 43.7 Å². The number of nitrogens with one attached hydrogen (secondary N) is 1. The number of primary sulfonamides is 1. The van der Waals surface area contributed by atoms with Crippen LogP contribution in [0.25, 0.3) is 6.08 Å². The first kappa shape index (κ1) is 27.3. The lowest BCUT2D eigenvalue weighted by Gasteiger charge is -2.35. The monoisotopic (exact) mass is 537 g/mol. The van der Waals surface area contributed by atoms with Crippen molar-refractivity contribution in [2.75, 3.05) is 24.4 Å². The van der Waals surface area contributed by atoms with Crippen LogP contribution in [0.15, 0.2) is 64.4 Å². The number of benzene rings is 2. The van der Waals surface area contributed by atoms with E-state index in [-0.39, 0.29) is 33.6 Å². The third kappa shape index (κ3) is 7.62. The Morgan fingerprint density at radius 1 is 1.06 bits per heavy atom. The van der Waals surface area contributed by atoms with Crippen molar-refractivity contribution in [2.24, 2.45) is 5.14 Å². The number of nitrogens with zero attached hydrogens (tertiary/aromatic N) is 1. The van der Waals surface area contributed by atoms with E-state index in [1.54, 1.807) is 4.90 Å². The van der Waals surface area contributed by atoms with Crippen LogP contribution in [-0.4, -0.2) is 65.5 Å². The average molecular weight is 538 g/mol. The topological polar surface area (TPSA) is 162 Å². The van der Waals surface area contributed by atoms with Gasteiger partial charge in [0.1, 0.15) is 0 Å². The number of ether oxygens (including phenoxy) is 2. The minimum absolute atomic E-state index is 0.0313. The lowest BCUT2D eigenvalue weighted by atomic mass is 10.2. The maximum Gasteiger partial charge on any atom is 0.331 e. The first-order valence-electron chi connectivity index (χ1n) is 10.9. The van der Waals surface area contributed by atoms with Gasteiger partial charge in [-0.3, -0.25) is 9.52 Å². The number of carbonyl (C=O) groups is 2. The number of sulfonamides is 2. The zero-order chi connectivity index (χ0) is 26.5. The van der Waals surface area contributed by atoms with Crippen LogP contribution in [-0.2, 0) is 39.1 Å². The quantitative estimate of drug-likeness (QED) is 0.376. The summed E-state index contributed by atoms with van der Waals surface area (Å²) < 4.78 is 61.1. The molecule has 0 unspecified atom stereocenters. The number of carbonyl (C=O) groups excluding carboxylic acids is 2. The van der Waals surface area contributed by atoms with Crippen molar-refractivity contribution in [1.29, 1.82) is 0 Å². The second-order valence-corrected chi connectivity index (χ2v) is 11.5. The number of anilines is 1. The molecule has 1 fully saturated rings. The Morgan fingerprint density at radius 3 is 2.31 bits per heavy atom. The Morgan fingerprint density at radius 2 is 1.69 bits per heavy atom. The number of rotatable bonds is 8. The fourth-order valence-corrected chi connectivity index (χ4v) is 5.14. The summed E-state index contributed by atoms with van der Waals surface area (Å²) in [6, 6.07) is 10.7. The van der Waals surface area contributed by atoms with Gasteiger partial charge >= 0.3 is 5.97 Å². The minimum Gasteiger partial charge on any atom is -0.452 e. The van der Waals surface area contributed by atoms with Crippen molar-refractivity contribution in [1.82, 2.24) is 4.90 Å². The minimum atomic E-state index is -4.01. The van der Waals surface area contributed by atoms with Gasteiger partial charge in [0.15, 0.2) is 6.61 Å². The summed E-state index contributed by atoms with van der Waals surface area (Å²) in [4.78, 5) is 25.5. The van der Waals surface area contributed by atoms with E-state index < -0.39 is 32.6 Å². The summed E-state index contributed by atoms with van der Waals surface area (Å²) in [5.41, 5.74) is 0.549. The molecular formula is C23H27N3O8S2. The number of esters is 1. The van der Waals surface area contributed by atoms with Crippen LogP contribution in [0.4, 0.5) is 5.69 Å². The number of hydrogen-bond acceptors (Lipinski definition) is 8. The Labute approximate surface area is 210 Å². The lowest BCUT2D eigenvalue weighted by molar-refractivity contribution is -0.154. The second-order valence-electron chi connectivity index (χ2n) is 8.24. The molecule has 0 aromatic heterocycles. The molecule has 2 atom stereocenters. The van der Waals surface area contributed by atoms with E-state index in [1.165, 1.54) is 48.5 Å². The molecule has 36 heavy (non-hydrogen) atoms. The van der Waals surface area contributed by atoms with E-state index in [9.17, 15) is 26.4 Å². The molecule has 0 bridgehead atoms. The summed E-state index contributed by atoms with van der Waals surface area (Å²) in [6.07, 6.45) is 2.37. The Hall–Kier alpha value is -3.26. The molecule has 11 nitrogen and oxygen atoms in total. The lowest BCUT2D eigenvalue weighted by Crippen LogP contribution is -2.49. The molecule has 0 spiro atoms. The van der Waals surface area contributed by atoms with Crippen LogP contribution in [0.3, 0.4) is 0 Å². The van der Waals surface area contributed by atoms with Gasteiger partial charge in [-0.05, 0) is 55.8 Å². The Balaban J connectivity index is 1.56. The highest BCUT2D eigenvalue weighted by molar-refractivity contribution is 7.92. The Bertz CT molecular complexity index is 1350. The zero-order valence-electron chi connectivity index (χ0n) is 19.7. The van der Waals surface area contributed by atoms with Gasteiger partial charge in [0.2, 0.25) is 10.0 Å². The predicted molar refractivity (Wildman–Crippen MR) is 132 cm³/mol. The van der Waals surface area contributed by atoms with Crippen molar-refractivity contribution in [3.63, 3.8) is 0 Å². The first-order chi connectivity index (χ1) is 16.8. The summed E-state index contributed by atoms with van der Waals surface area (Å²) in [5, 5.41) is 5.08. The van der Waals surface area contributed by atoms with E-state index in [0.717, 1.165) is 12.1 Å². The summed E-state index contributed by atoms with van der Waals surface area (Å²) in [6.45, 7) is 4.20. The molecule has 2 aromatic carbocycles. The van der Waals surface area contributed by atoms with E-state index in [1.807, 2.05) is 13.8 Å². The molecule has 0 radical (unpaired) electrons. The largest absolute Gasteiger partial charge is 0.452 e. The van der Waals surface area contributed by atoms with Crippen molar-refractivity contribution in [3.8, 4) is 0 Å². The molecule has 1 saturated heterocycles. The second kappa shape index (κ2) is 11.2. The first-order valence-corrected chi connectivity index (χ1v) is 13.9. The molecule has 194 valence electrons. The van der Waals surface area contributed by atoms with Crippen molar-refractivity contribution < 1.29 is 35.9 Å². The molecule has 3 N–H and O–H groups in total. The highest BCUT2D eigenvalue weighted by Crippen LogP contribution is 2.20. The van der Waals surface area contributed by atoms with Gasteiger partial charge < -0.3 is 14.4 Å². The summed E-state index contributed by atoms with van der Waals surface area (Å²) >= 11 is 0. The molecule has 1 amide bonds. The maximum atomic E-state index is 12.6. The van der Waals surface area contributed by atoms with Gasteiger partial charge in [-0.2, -0.15) is 0 Å². The van der Waals surface area contributed by atoms with Crippen LogP contribution >= 0.6 is 0 Å². The van der Waals surface area contributed by atoms with Gasteiger partial charge in [0.05, 0.1) is 27.7 Å². The zero-order valence-corrected chi connectivity index (χ0v) is 21.3. The standard InChI is InChI=1S/C23H27N3O8S2/c1-16-13-26(14-17(2)34-16)22(27)15-33-23(28)11-8-18-6-9-20(10-7-18)36(31,32)25-19-4-3-5-21(12-19)35(24,29)30/h3-12,16-17,25H,13-15H2,1-2H3,(H2,24,29,30)/b11-8+/t16-,17-/m1/s1. The number of morpholine rings is 1. The van der Waals surface area contributed by atoms with Crippen LogP contribution in [0.2, 0.25) is 0 Å². The average Bonchev–Trinajstić information content (AvgIpc) is 2.80. The molecular weight excluding hydrogens is 510 g/mol. The number of amides is 1. The van der Waals surface area contributed by atoms with E-state index in [4.69, 9.17) is 14.6 Å². The SMILES string of the molecule is C[C@@H]1CN(C(=O)COC(=O)/C=C/c2ccc(S(=O)(=O)Nc3cccc(S(N)(=O)=O)c3)cc2)C[C@@H](C)O1. The molecule has 1 aliphatic heterocycles. The maximum absolute atomic E-state index is 12.6. The summed E-state index contributed by atoms with van der Waals surface area (Å²) in [7, 11) is -8.00. The molecule has 13 heteroatoms. The Kier molecular flexibility index (Phi) is 8.51. The normalized spacial score (nSPS) is 18.7. The fraction of sp³-hybridized carbons (Fsp3) is 0.304. The number of hydrogen-bond donors (Lipinski definition) is 2. The molecule has 3 rings (SSSR count). The van der Waals surface area contributed by atoms with E-state index in [0.29, 0.717) is 18.7 Å². The van der Waals surface area contributed by atoms with Crippen LogP contribution < -0.4 is 9.86 Å². The molecule has 0 aliphatic carbocycles. The van der Waals surface area contributed by atoms with Gasteiger partial charge in [-0.1, -0.05) is 18.2 Å². The van der Waals surface area contributed by atoms with Gasteiger partial charge in [-0.15, -0.1) is 0 Å². The van der Waals surface area contributed by atoms with Crippen LogP contribution in [0, 0.1) is 0 Å². The number of nitrogens with two attached hydrogens (primary N) is 1.